The van der Waals surface area contributed by atoms with Crippen LogP contribution in [-0.4, -0.2) is 86.7 Å². The number of methoxy groups -OCH3 is 1. The molecular weight excluding hydrogens is 628 g/mol. The van der Waals surface area contributed by atoms with Gasteiger partial charge in [0, 0.05) is 63.0 Å². The molecule has 0 aliphatic carbocycles. The molecule has 0 radical (unpaired) electrons. The summed E-state index contributed by atoms with van der Waals surface area (Å²) in [6.45, 7) is 5.75. The summed E-state index contributed by atoms with van der Waals surface area (Å²) in [5, 5.41) is 3.90. The highest BCUT2D eigenvalue weighted by atomic mass is 32.2. The first-order chi connectivity index (χ1) is 22.7. The Morgan fingerprint density at radius 3 is 2.36 bits per heavy atom. The Balaban J connectivity index is 1.21. The van der Waals surface area contributed by atoms with E-state index >= 15 is 0 Å². The number of hydrogen-bond donors (Lipinski definition) is 3. The molecule has 1 aliphatic rings. The van der Waals surface area contributed by atoms with Crippen molar-refractivity contribution in [2.45, 2.75) is 11.4 Å². The summed E-state index contributed by atoms with van der Waals surface area (Å²) in [5.41, 5.74) is 4.20. The number of rotatable bonds is 12. The minimum atomic E-state index is -4.36. The second-order valence-corrected chi connectivity index (χ2v) is 12.9. The van der Waals surface area contributed by atoms with Crippen molar-refractivity contribution in [3.05, 3.63) is 90.1 Å². The Kier molecular flexibility index (Phi) is 9.63. The van der Waals surface area contributed by atoms with Gasteiger partial charge in [0.2, 0.25) is 11.8 Å². The van der Waals surface area contributed by atoms with Gasteiger partial charge in [0.1, 0.15) is 28.8 Å². The number of anilines is 3. The molecule has 1 saturated heterocycles. The molecule has 11 nitrogen and oxygen atoms in total. The fourth-order valence-corrected chi connectivity index (χ4v) is 6.46. The quantitative estimate of drug-likeness (QED) is 0.154. The standard InChI is InChI=1S/C33H35F2N7O4S/c1-41-13-15-42(16-14-41)21-22-3-8-25(9-4-22)37-33-38-31-30(32(39-33)46-18-17-45-2)27(20-36-31)23-5-10-26(11-6-23)40-47(43,44)29-19-24(34)7-12-28(29)35/h3-12,19-20,40H,13-18,21H2,1-2H3,(H2,36,37,38,39). The molecule has 0 atom stereocenters. The highest BCUT2D eigenvalue weighted by Gasteiger charge is 2.21. The van der Waals surface area contributed by atoms with Gasteiger partial charge in [-0.05, 0) is 60.6 Å². The van der Waals surface area contributed by atoms with Gasteiger partial charge in [-0.2, -0.15) is 9.97 Å². The van der Waals surface area contributed by atoms with Crippen molar-refractivity contribution in [2.75, 3.05) is 63.6 Å². The molecule has 0 bridgehead atoms. The molecule has 0 amide bonds. The Bertz CT molecular complexity index is 1950. The van der Waals surface area contributed by atoms with Crippen LogP contribution in [0.1, 0.15) is 5.56 Å². The normalized spacial score (nSPS) is 14.4. The summed E-state index contributed by atoms with van der Waals surface area (Å²) in [7, 11) is -0.632. The number of sulfonamides is 1. The SMILES string of the molecule is COCCOc1nc(Nc2ccc(CN3CCN(C)CC3)cc2)nc2[nH]cc(-c3ccc(NS(=O)(=O)c4cc(F)ccc4F)cc3)c12. The molecule has 1 aliphatic heterocycles. The zero-order valence-electron chi connectivity index (χ0n) is 26.0. The lowest BCUT2D eigenvalue weighted by molar-refractivity contribution is 0.144. The van der Waals surface area contributed by atoms with E-state index < -0.39 is 26.6 Å². The summed E-state index contributed by atoms with van der Waals surface area (Å²) in [4.78, 5) is 16.6. The topological polar surface area (TPSA) is 125 Å². The van der Waals surface area contributed by atoms with Crippen molar-refractivity contribution >= 4 is 38.4 Å². The van der Waals surface area contributed by atoms with Gasteiger partial charge in [-0.25, -0.2) is 17.2 Å². The van der Waals surface area contributed by atoms with Crippen LogP contribution >= 0.6 is 0 Å². The fraction of sp³-hybridized carbons (Fsp3) is 0.273. The minimum Gasteiger partial charge on any atom is -0.475 e. The summed E-state index contributed by atoms with van der Waals surface area (Å²) < 4.78 is 66.7. The van der Waals surface area contributed by atoms with Crippen LogP contribution in [-0.2, 0) is 21.3 Å². The van der Waals surface area contributed by atoms with Crippen molar-refractivity contribution in [1.29, 1.82) is 0 Å². The predicted molar refractivity (Wildman–Crippen MR) is 176 cm³/mol. The van der Waals surface area contributed by atoms with Gasteiger partial charge in [-0.15, -0.1) is 0 Å². The third-order valence-corrected chi connectivity index (χ3v) is 9.26. The lowest BCUT2D eigenvalue weighted by Crippen LogP contribution is -2.43. The number of benzene rings is 3. The molecule has 1 fully saturated rings. The zero-order chi connectivity index (χ0) is 33.0. The van der Waals surface area contributed by atoms with Crippen LogP contribution in [0.3, 0.4) is 0 Å². The maximum atomic E-state index is 14.1. The van der Waals surface area contributed by atoms with Crippen LogP contribution in [0.5, 0.6) is 5.88 Å². The van der Waals surface area contributed by atoms with Gasteiger partial charge in [0.15, 0.2) is 0 Å². The summed E-state index contributed by atoms with van der Waals surface area (Å²) in [6.07, 6.45) is 1.76. The zero-order valence-corrected chi connectivity index (χ0v) is 26.8. The highest BCUT2D eigenvalue weighted by molar-refractivity contribution is 7.92. The van der Waals surface area contributed by atoms with Gasteiger partial charge < -0.3 is 24.7 Å². The van der Waals surface area contributed by atoms with Crippen LogP contribution in [0.4, 0.5) is 26.1 Å². The Morgan fingerprint density at radius 1 is 0.915 bits per heavy atom. The first-order valence-electron chi connectivity index (χ1n) is 15.0. The van der Waals surface area contributed by atoms with E-state index in [-0.39, 0.29) is 12.3 Å². The van der Waals surface area contributed by atoms with Crippen LogP contribution in [0.25, 0.3) is 22.2 Å². The highest BCUT2D eigenvalue weighted by Crippen LogP contribution is 2.35. The first-order valence-corrected chi connectivity index (χ1v) is 16.5. The van der Waals surface area contributed by atoms with E-state index in [9.17, 15) is 17.2 Å². The van der Waals surface area contributed by atoms with Gasteiger partial charge in [-0.3, -0.25) is 9.62 Å². The van der Waals surface area contributed by atoms with Crippen molar-refractivity contribution in [3.63, 3.8) is 0 Å². The monoisotopic (exact) mass is 663 g/mol. The van der Waals surface area contributed by atoms with Gasteiger partial charge in [-0.1, -0.05) is 24.3 Å². The molecule has 0 saturated carbocycles. The summed E-state index contributed by atoms with van der Waals surface area (Å²) >= 11 is 0. The molecule has 47 heavy (non-hydrogen) atoms. The number of fused-ring (bicyclic) bond motifs is 1. The van der Waals surface area contributed by atoms with Gasteiger partial charge >= 0.3 is 0 Å². The van der Waals surface area contributed by atoms with Gasteiger partial charge in [0.25, 0.3) is 10.0 Å². The van der Waals surface area contributed by atoms with E-state index in [1.54, 1.807) is 25.4 Å². The molecule has 0 spiro atoms. The molecule has 14 heteroatoms. The maximum absolute atomic E-state index is 14.1. The molecule has 2 aromatic heterocycles. The molecule has 5 aromatic rings. The molecule has 0 unspecified atom stereocenters. The van der Waals surface area contributed by atoms with E-state index in [4.69, 9.17) is 9.47 Å². The summed E-state index contributed by atoms with van der Waals surface area (Å²) in [6, 6.07) is 16.9. The van der Waals surface area contributed by atoms with E-state index in [1.807, 2.05) is 12.1 Å². The number of likely N-dealkylation sites (N-methyl/N-ethyl adjacent to an activating group) is 1. The third kappa shape index (κ3) is 7.68. The van der Waals surface area contributed by atoms with Gasteiger partial charge in [0.05, 0.1) is 12.0 Å². The molecule has 3 aromatic carbocycles. The number of piperazine rings is 1. The number of nitrogens with one attached hydrogen (secondary N) is 3. The minimum absolute atomic E-state index is 0.172. The van der Waals surface area contributed by atoms with Crippen molar-refractivity contribution < 1.29 is 26.7 Å². The molecule has 3 N–H and O–H groups in total. The van der Waals surface area contributed by atoms with Crippen molar-refractivity contribution in [3.8, 4) is 17.0 Å². The Hall–Kier alpha value is -4.63. The second kappa shape index (κ2) is 14.0. The van der Waals surface area contributed by atoms with E-state index in [2.05, 4.69) is 54.0 Å². The van der Waals surface area contributed by atoms with E-state index in [0.29, 0.717) is 41.1 Å². The maximum Gasteiger partial charge on any atom is 0.264 e. The largest absolute Gasteiger partial charge is 0.475 e. The molecule has 246 valence electrons. The lowest BCUT2D eigenvalue weighted by Gasteiger charge is -2.32. The number of H-pyrrole nitrogens is 1. The third-order valence-electron chi connectivity index (χ3n) is 7.87. The molecule has 3 heterocycles. The van der Waals surface area contributed by atoms with Crippen LogP contribution in [0, 0.1) is 11.6 Å². The Labute approximate surface area is 271 Å². The average Bonchev–Trinajstić information content (AvgIpc) is 3.49. The number of halogens is 2. The first kappa shape index (κ1) is 32.3. The van der Waals surface area contributed by atoms with E-state index in [0.717, 1.165) is 56.1 Å². The average molecular weight is 664 g/mol. The molecular formula is C33H35F2N7O4S. The molecule has 6 rings (SSSR count). The lowest BCUT2D eigenvalue weighted by atomic mass is 10.1. The Morgan fingerprint density at radius 2 is 1.64 bits per heavy atom. The second-order valence-electron chi connectivity index (χ2n) is 11.3. The number of aromatic nitrogens is 3. The number of hydrogen-bond acceptors (Lipinski definition) is 9. The smallest absolute Gasteiger partial charge is 0.264 e. The van der Waals surface area contributed by atoms with Crippen molar-refractivity contribution in [1.82, 2.24) is 24.8 Å². The predicted octanol–water partition coefficient (Wildman–Crippen LogP) is 5.22. The van der Waals surface area contributed by atoms with Crippen LogP contribution in [0.15, 0.2) is 77.8 Å². The number of ether oxygens (including phenoxy) is 2. The number of nitrogens with zero attached hydrogens (tertiary/aromatic N) is 4. The van der Waals surface area contributed by atoms with Crippen LogP contribution < -0.4 is 14.8 Å². The van der Waals surface area contributed by atoms with Crippen molar-refractivity contribution in [2.24, 2.45) is 0 Å². The fourth-order valence-electron chi connectivity index (χ4n) is 5.31. The number of aromatic amines is 1. The van der Waals surface area contributed by atoms with E-state index in [1.165, 1.54) is 17.7 Å². The summed E-state index contributed by atoms with van der Waals surface area (Å²) in [5.74, 6) is -1.23. The van der Waals surface area contributed by atoms with Crippen LogP contribution in [0.2, 0.25) is 0 Å².